The molecule has 0 aromatic rings. The Morgan fingerprint density at radius 1 is 1.50 bits per heavy atom. The summed E-state index contributed by atoms with van der Waals surface area (Å²) in [6.45, 7) is 0. The molecule has 34 valence electrons. The molecule has 0 saturated heterocycles. The Morgan fingerprint density at radius 3 is 1.50 bits per heavy atom. The summed E-state index contributed by atoms with van der Waals surface area (Å²) in [5, 5.41) is 0. The number of hydrogen-bond donors (Lipinski definition) is 2. The molecule has 0 aliphatic rings. The van der Waals surface area contributed by atoms with Gasteiger partial charge in [0.05, 0.1) is 0 Å². The van der Waals surface area contributed by atoms with Gasteiger partial charge in [-0.05, 0) is 0 Å². The van der Waals surface area contributed by atoms with Crippen molar-refractivity contribution in [2.75, 3.05) is 0 Å². The zero-order chi connectivity index (χ0) is 4.50. The van der Waals surface area contributed by atoms with Crippen LogP contribution in [0.5, 0.6) is 0 Å². The fourth-order valence-electron chi connectivity index (χ4n) is 0. The summed E-state index contributed by atoms with van der Waals surface area (Å²) < 4.78 is 24.0. The van der Waals surface area contributed by atoms with Crippen molar-refractivity contribution in [1.29, 1.82) is 0 Å². The number of rotatable bonds is 0. The van der Waals surface area contributed by atoms with Crippen molar-refractivity contribution in [3.8, 4) is 0 Å². The van der Waals surface area contributed by atoms with Crippen molar-refractivity contribution in [3.63, 3.8) is 0 Å². The molecule has 6 heavy (non-hydrogen) atoms. The van der Waals surface area contributed by atoms with Gasteiger partial charge >= 0.3 is 29.6 Å². The zero-order valence-corrected chi connectivity index (χ0v) is 3.75. The van der Waals surface area contributed by atoms with Gasteiger partial charge in [-0.2, -0.15) is 4.21 Å². The van der Waals surface area contributed by atoms with Gasteiger partial charge in [-0.3, -0.25) is 9.11 Å². The summed E-state index contributed by atoms with van der Waals surface area (Å²) in [6.07, 6.45) is 0. The molecule has 0 aliphatic carbocycles. The predicted molar refractivity (Wildman–Crippen MR) is 27.9 cm³/mol. The van der Waals surface area contributed by atoms with Crippen LogP contribution in [-0.4, -0.2) is 42.9 Å². The van der Waals surface area contributed by atoms with Gasteiger partial charge in [-0.25, -0.2) is 0 Å². The van der Waals surface area contributed by atoms with E-state index in [2.05, 4.69) is 11.2 Å². The van der Waals surface area contributed by atoms with Crippen LogP contribution in [0.3, 0.4) is 0 Å². The quantitative estimate of drug-likeness (QED) is 0.423. The van der Waals surface area contributed by atoms with Crippen LogP contribution < -0.4 is 0 Å². The molecule has 0 amide bonds. The molecule has 0 bridgehead atoms. The van der Waals surface area contributed by atoms with Crippen molar-refractivity contribution in [1.82, 2.24) is 0 Å². The minimum absolute atomic E-state index is 0. The molecular formula is H3NaO3S2. The van der Waals surface area contributed by atoms with Crippen LogP contribution in [0.1, 0.15) is 0 Å². The third kappa shape index (κ3) is 58.5. The van der Waals surface area contributed by atoms with Crippen molar-refractivity contribution in [2.24, 2.45) is 0 Å². The van der Waals surface area contributed by atoms with E-state index in [4.69, 9.17) is 13.3 Å². The monoisotopic (exact) mass is 138 g/mol. The van der Waals surface area contributed by atoms with Crippen LogP contribution in [0.15, 0.2) is 0 Å². The van der Waals surface area contributed by atoms with E-state index in [1.165, 1.54) is 0 Å². The van der Waals surface area contributed by atoms with E-state index in [0.29, 0.717) is 0 Å². The first kappa shape index (κ1) is 10.3. The second kappa shape index (κ2) is 3.31. The third-order valence-corrected chi connectivity index (χ3v) is 0. The van der Waals surface area contributed by atoms with E-state index in [1.807, 2.05) is 0 Å². The van der Waals surface area contributed by atoms with Crippen LogP contribution in [0, 0.1) is 0 Å². The predicted octanol–water partition coefficient (Wildman–Crippen LogP) is -0.970. The normalized spacial score (nSPS) is 9.67. The van der Waals surface area contributed by atoms with Gasteiger partial charge in [0, 0.05) is 11.2 Å². The first-order valence-corrected chi connectivity index (χ1v) is 3.10. The average molecular weight is 138 g/mol. The molecule has 6 heteroatoms. The minimum atomic E-state index is -3.83. The summed E-state index contributed by atoms with van der Waals surface area (Å²) in [5.74, 6) is 0. The molecule has 0 rings (SSSR count). The summed E-state index contributed by atoms with van der Waals surface area (Å²) in [6, 6.07) is 0. The maximum atomic E-state index is 9.11. The Morgan fingerprint density at radius 2 is 1.50 bits per heavy atom. The fourth-order valence-corrected chi connectivity index (χ4v) is 0. The molecule has 0 spiro atoms. The van der Waals surface area contributed by atoms with E-state index in [-0.39, 0.29) is 29.6 Å². The molecule has 0 heterocycles. The van der Waals surface area contributed by atoms with Gasteiger partial charge < -0.3 is 0 Å². The summed E-state index contributed by atoms with van der Waals surface area (Å²) >= 11 is 3.47. The first-order chi connectivity index (χ1) is 2.00. The van der Waals surface area contributed by atoms with Gasteiger partial charge in [0.2, 0.25) is 0 Å². The topological polar surface area (TPSA) is 57.5 Å². The van der Waals surface area contributed by atoms with Crippen molar-refractivity contribution < 1.29 is 13.3 Å². The Balaban J connectivity index is 0. The van der Waals surface area contributed by atoms with E-state index >= 15 is 0 Å². The molecular weight excluding hydrogens is 135 g/mol. The van der Waals surface area contributed by atoms with Gasteiger partial charge in [-0.1, -0.05) is 0 Å². The van der Waals surface area contributed by atoms with Crippen LogP contribution >= 0.6 is 0 Å². The molecule has 0 radical (unpaired) electrons. The molecule has 0 unspecified atom stereocenters. The van der Waals surface area contributed by atoms with E-state index in [1.54, 1.807) is 0 Å². The summed E-state index contributed by atoms with van der Waals surface area (Å²) in [4.78, 5) is 0. The van der Waals surface area contributed by atoms with Crippen LogP contribution in [0.2, 0.25) is 0 Å². The average Bonchev–Trinajstić information content (AvgIpc) is 0.722. The standard InChI is InChI=1S/Na.H2O3S2.H/c;1-5(2,3)4;/h;(H2,1,2,3,4);. The van der Waals surface area contributed by atoms with Crippen LogP contribution in [-0.2, 0) is 20.2 Å². The van der Waals surface area contributed by atoms with Crippen molar-refractivity contribution >= 4 is 49.8 Å². The Kier molecular flexibility index (Phi) is 5.69. The molecule has 0 saturated carbocycles. The van der Waals surface area contributed by atoms with Gasteiger partial charge in [0.15, 0.2) is 0 Å². The van der Waals surface area contributed by atoms with Gasteiger partial charge in [-0.15, -0.1) is 0 Å². The first-order valence-electron chi connectivity index (χ1n) is 0.698. The second-order valence-corrected chi connectivity index (χ2v) is 2.65. The van der Waals surface area contributed by atoms with Crippen molar-refractivity contribution in [2.45, 2.75) is 0 Å². The fraction of sp³-hybridized carbons (Fsp3) is 0. The molecule has 3 nitrogen and oxygen atoms in total. The Bertz CT molecular complexity index is 92.0. The van der Waals surface area contributed by atoms with Crippen LogP contribution in [0.4, 0.5) is 0 Å². The molecule has 0 fully saturated rings. The van der Waals surface area contributed by atoms with E-state index in [9.17, 15) is 0 Å². The maximum absolute atomic E-state index is 9.11. The summed E-state index contributed by atoms with van der Waals surface area (Å²) in [7, 11) is -3.83. The van der Waals surface area contributed by atoms with Crippen molar-refractivity contribution in [3.05, 3.63) is 0 Å². The summed E-state index contributed by atoms with van der Waals surface area (Å²) in [5.41, 5.74) is 0. The van der Waals surface area contributed by atoms with E-state index < -0.39 is 9.05 Å². The van der Waals surface area contributed by atoms with Gasteiger partial charge in [0.1, 0.15) is 0 Å². The Hall–Kier alpha value is 1.29. The van der Waals surface area contributed by atoms with Crippen LogP contribution in [0.25, 0.3) is 0 Å². The molecule has 0 aromatic carbocycles. The molecule has 0 aromatic heterocycles. The number of hydrogen-bond acceptors (Lipinski definition) is 2. The SMILES string of the molecule is O=S(O)(O)=S.[NaH]. The molecule has 2 N–H and O–H groups in total. The molecule has 0 atom stereocenters. The third-order valence-electron chi connectivity index (χ3n) is 0. The van der Waals surface area contributed by atoms with Gasteiger partial charge in [0.25, 0.3) is 9.05 Å². The second-order valence-electron chi connectivity index (χ2n) is 0.448. The molecule has 0 aliphatic heterocycles. The van der Waals surface area contributed by atoms with E-state index in [0.717, 1.165) is 0 Å². The zero-order valence-electron chi connectivity index (χ0n) is 2.12. The Labute approximate surface area is 62.7 Å².